The van der Waals surface area contributed by atoms with Crippen molar-refractivity contribution in [1.82, 2.24) is 25.2 Å². The van der Waals surface area contributed by atoms with Crippen LogP contribution in [0.4, 0.5) is 0 Å². The number of hydrogen-bond donors (Lipinski definition) is 0. The molecule has 0 saturated carbocycles. The van der Waals surface area contributed by atoms with Crippen LogP contribution < -0.4 is 0 Å². The summed E-state index contributed by atoms with van der Waals surface area (Å²) >= 11 is 0. The SMILES string of the molecule is c1ccc2ncc(-n3cnnn3)cc2c1. The van der Waals surface area contributed by atoms with E-state index in [1.54, 1.807) is 17.2 Å². The van der Waals surface area contributed by atoms with Crippen molar-refractivity contribution in [3.05, 3.63) is 42.9 Å². The number of hydrogen-bond acceptors (Lipinski definition) is 4. The number of para-hydroxylation sites is 1. The molecule has 0 fully saturated rings. The predicted molar refractivity (Wildman–Crippen MR) is 54.5 cm³/mol. The Morgan fingerprint density at radius 3 is 2.93 bits per heavy atom. The van der Waals surface area contributed by atoms with Crippen molar-refractivity contribution < 1.29 is 0 Å². The summed E-state index contributed by atoms with van der Waals surface area (Å²) in [6, 6.07) is 9.92. The first-order chi connectivity index (χ1) is 7.43. The summed E-state index contributed by atoms with van der Waals surface area (Å²) in [5.41, 5.74) is 1.83. The van der Waals surface area contributed by atoms with E-state index in [4.69, 9.17) is 0 Å². The van der Waals surface area contributed by atoms with Crippen molar-refractivity contribution >= 4 is 10.9 Å². The highest BCUT2D eigenvalue weighted by atomic mass is 15.5. The van der Waals surface area contributed by atoms with Gasteiger partial charge in [-0.25, -0.2) is 0 Å². The third-order valence-corrected chi connectivity index (χ3v) is 2.19. The van der Waals surface area contributed by atoms with Gasteiger partial charge in [-0.15, -0.1) is 5.10 Å². The predicted octanol–water partition coefficient (Wildman–Crippen LogP) is 1.21. The molecule has 5 nitrogen and oxygen atoms in total. The lowest BCUT2D eigenvalue weighted by Gasteiger charge is -2.00. The summed E-state index contributed by atoms with van der Waals surface area (Å²) in [4.78, 5) is 4.32. The van der Waals surface area contributed by atoms with Crippen LogP contribution in [-0.4, -0.2) is 25.2 Å². The Hall–Kier alpha value is -2.30. The first kappa shape index (κ1) is 8.05. The quantitative estimate of drug-likeness (QED) is 0.588. The van der Waals surface area contributed by atoms with E-state index >= 15 is 0 Å². The molecule has 0 radical (unpaired) electrons. The molecule has 5 heteroatoms. The third-order valence-electron chi connectivity index (χ3n) is 2.19. The lowest BCUT2D eigenvalue weighted by molar-refractivity contribution is 0.787. The molecule has 1 aromatic carbocycles. The summed E-state index contributed by atoms with van der Waals surface area (Å²) in [6.45, 7) is 0. The van der Waals surface area contributed by atoms with E-state index in [0.29, 0.717) is 0 Å². The van der Waals surface area contributed by atoms with Gasteiger partial charge >= 0.3 is 0 Å². The number of fused-ring (bicyclic) bond motifs is 1. The van der Waals surface area contributed by atoms with Crippen LogP contribution >= 0.6 is 0 Å². The van der Waals surface area contributed by atoms with E-state index in [2.05, 4.69) is 20.5 Å². The van der Waals surface area contributed by atoms with E-state index in [-0.39, 0.29) is 0 Å². The number of rotatable bonds is 1. The normalized spacial score (nSPS) is 10.7. The summed E-state index contributed by atoms with van der Waals surface area (Å²) in [5.74, 6) is 0. The second-order valence-electron chi connectivity index (χ2n) is 3.14. The van der Waals surface area contributed by atoms with Crippen LogP contribution in [0.5, 0.6) is 0 Å². The van der Waals surface area contributed by atoms with Crippen LogP contribution in [0.25, 0.3) is 16.6 Å². The number of nitrogens with zero attached hydrogens (tertiary/aromatic N) is 5. The number of benzene rings is 1. The van der Waals surface area contributed by atoms with Gasteiger partial charge < -0.3 is 0 Å². The summed E-state index contributed by atoms with van der Waals surface area (Å²) in [7, 11) is 0. The maximum Gasteiger partial charge on any atom is 0.143 e. The van der Waals surface area contributed by atoms with E-state index in [1.807, 2.05) is 30.3 Å². The number of tetrazole rings is 1. The van der Waals surface area contributed by atoms with Crippen LogP contribution in [-0.2, 0) is 0 Å². The highest BCUT2D eigenvalue weighted by molar-refractivity contribution is 5.79. The molecule has 0 atom stereocenters. The summed E-state index contributed by atoms with van der Waals surface area (Å²) in [6.07, 6.45) is 3.30. The lowest BCUT2D eigenvalue weighted by Crippen LogP contribution is -1.95. The molecule has 3 rings (SSSR count). The zero-order valence-electron chi connectivity index (χ0n) is 7.78. The molecular formula is C10H7N5. The molecule has 0 aliphatic heterocycles. The molecule has 2 aromatic heterocycles. The topological polar surface area (TPSA) is 56.5 Å². The van der Waals surface area contributed by atoms with Gasteiger partial charge in [0.1, 0.15) is 6.33 Å². The molecule has 0 unspecified atom stereocenters. The highest BCUT2D eigenvalue weighted by Gasteiger charge is 1.99. The minimum Gasteiger partial charge on any atom is -0.254 e. The monoisotopic (exact) mass is 197 g/mol. The number of pyridine rings is 1. The standard InChI is InChI=1S/C10H7N5/c1-2-4-10-8(3-1)5-9(6-11-10)15-7-12-13-14-15/h1-7H. The van der Waals surface area contributed by atoms with Crippen LogP contribution in [0.3, 0.4) is 0 Å². The molecule has 0 spiro atoms. The smallest absolute Gasteiger partial charge is 0.143 e. The van der Waals surface area contributed by atoms with Gasteiger partial charge in [-0.05, 0) is 22.6 Å². The Labute approximate surface area is 85.4 Å². The van der Waals surface area contributed by atoms with Gasteiger partial charge in [-0.3, -0.25) is 4.98 Å². The van der Waals surface area contributed by atoms with Gasteiger partial charge in [0.05, 0.1) is 17.4 Å². The molecule has 0 aliphatic carbocycles. The van der Waals surface area contributed by atoms with E-state index in [1.165, 1.54) is 0 Å². The third kappa shape index (κ3) is 1.34. The fraction of sp³-hybridized carbons (Fsp3) is 0. The highest BCUT2D eigenvalue weighted by Crippen LogP contribution is 2.14. The Morgan fingerprint density at radius 2 is 2.07 bits per heavy atom. The van der Waals surface area contributed by atoms with Gasteiger partial charge in [-0.1, -0.05) is 18.2 Å². The minimum absolute atomic E-state index is 0.860. The molecule has 0 saturated heterocycles. The Bertz CT molecular complexity index is 588. The van der Waals surface area contributed by atoms with Crippen molar-refractivity contribution in [1.29, 1.82) is 0 Å². The average Bonchev–Trinajstić information content (AvgIpc) is 2.82. The molecule has 0 aliphatic rings. The van der Waals surface area contributed by atoms with Crippen molar-refractivity contribution in [2.24, 2.45) is 0 Å². The van der Waals surface area contributed by atoms with Crippen molar-refractivity contribution in [3.63, 3.8) is 0 Å². The van der Waals surface area contributed by atoms with Crippen molar-refractivity contribution in [3.8, 4) is 5.69 Å². The second-order valence-corrected chi connectivity index (χ2v) is 3.14. The maximum absolute atomic E-state index is 4.32. The molecule has 3 aromatic rings. The summed E-state index contributed by atoms with van der Waals surface area (Å²) < 4.78 is 1.58. The van der Waals surface area contributed by atoms with Gasteiger partial charge in [0.15, 0.2) is 0 Å². The summed E-state index contributed by atoms with van der Waals surface area (Å²) in [5, 5.41) is 12.0. The molecule has 15 heavy (non-hydrogen) atoms. The Morgan fingerprint density at radius 1 is 1.13 bits per heavy atom. The lowest BCUT2D eigenvalue weighted by atomic mass is 10.2. The largest absolute Gasteiger partial charge is 0.254 e. The van der Waals surface area contributed by atoms with Crippen molar-refractivity contribution in [2.45, 2.75) is 0 Å². The van der Waals surface area contributed by atoms with Gasteiger partial charge in [0.2, 0.25) is 0 Å². The van der Waals surface area contributed by atoms with E-state index < -0.39 is 0 Å². The van der Waals surface area contributed by atoms with E-state index in [0.717, 1.165) is 16.6 Å². The van der Waals surface area contributed by atoms with E-state index in [9.17, 15) is 0 Å². The van der Waals surface area contributed by atoms with Crippen molar-refractivity contribution in [2.75, 3.05) is 0 Å². The van der Waals surface area contributed by atoms with Crippen LogP contribution in [0.2, 0.25) is 0 Å². The van der Waals surface area contributed by atoms with Crippen LogP contribution in [0, 0.1) is 0 Å². The molecular weight excluding hydrogens is 190 g/mol. The number of aromatic nitrogens is 5. The molecule has 0 amide bonds. The van der Waals surface area contributed by atoms with Gasteiger partial charge in [-0.2, -0.15) is 4.68 Å². The van der Waals surface area contributed by atoms with Crippen LogP contribution in [0.1, 0.15) is 0 Å². The average molecular weight is 197 g/mol. The Kier molecular flexibility index (Phi) is 1.68. The molecule has 72 valence electrons. The molecule has 0 bridgehead atoms. The zero-order chi connectivity index (χ0) is 10.1. The molecule has 0 N–H and O–H groups in total. The first-order valence-corrected chi connectivity index (χ1v) is 4.52. The fourth-order valence-corrected chi connectivity index (χ4v) is 1.46. The second kappa shape index (κ2) is 3.13. The van der Waals surface area contributed by atoms with Gasteiger partial charge in [0.25, 0.3) is 0 Å². The van der Waals surface area contributed by atoms with Gasteiger partial charge in [0, 0.05) is 5.39 Å². The first-order valence-electron chi connectivity index (χ1n) is 4.52. The molecule has 2 heterocycles. The zero-order valence-corrected chi connectivity index (χ0v) is 7.78. The fourth-order valence-electron chi connectivity index (χ4n) is 1.46. The Balaban J connectivity index is 2.22. The maximum atomic E-state index is 4.32. The van der Waals surface area contributed by atoms with Crippen LogP contribution in [0.15, 0.2) is 42.9 Å². The minimum atomic E-state index is 0.860.